The summed E-state index contributed by atoms with van der Waals surface area (Å²) in [7, 11) is 0. The van der Waals surface area contributed by atoms with Gasteiger partial charge in [-0.3, -0.25) is 4.79 Å². The molecule has 0 atom stereocenters. The first-order valence-electron chi connectivity index (χ1n) is 4.66. The van der Waals surface area contributed by atoms with Crippen LogP contribution in [0.5, 0.6) is 11.5 Å². The van der Waals surface area contributed by atoms with Gasteiger partial charge < -0.3 is 9.47 Å². The largest absolute Gasteiger partial charge is 0.453 e. The van der Waals surface area contributed by atoms with Crippen molar-refractivity contribution in [3.63, 3.8) is 0 Å². The van der Waals surface area contributed by atoms with Crippen molar-refractivity contribution in [3.8, 4) is 11.5 Å². The van der Waals surface area contributed by atoms with Crippen LogP contribution in [0.2, 0.25) is 5.02 Å². The van der Waals surface area contributed by atoms with E-state index in [1.165, 1.54) is 0 Å². The number of hydrogen-bond donors (Lipinski definition) is 0. The van der Waals surface area contributed by atoms with Crippen molar-refractivity contribution in [3.05, 3.63) is 22.2 Å². The van der Waals surface area contributed by atoms with Crippen LogP contribution in [0.15, 0.2) is 6.07 Å². The van der Waals surface area contributed by atoms with Gasteiger partial charge in [-0.05, 0) is 31.0 Å². The minimum Gasteiger partial charge on any atom is -0.453 e. The lowest BCUT2D eigenvalue weighted by atomic mass is 10.0. The maximum absolute atomic E-state index is 11.1. The van der Waals surface area contributed by atoms with Gasteiger partial charge in [-0.1, -0.05) is 11.6 Å². The Labute approximate surface area is 92.9 Å². The number of carbonyl (C=O) groups is 1. The molecule has 1 aromatic rings. The predicted octanol–water partition coefficient (Wildman–Crippen LogP) is 2.51. The van der Waals surface area contributed by atoms with Gasteiger partial charge in [-0.2, -0.15) is 0 Å². The van der Waals surface area contributed by atoms with Gasteiger partial charge in [-0.25, -0.2) is 0 Å². The lowest BCUT2D eigenvalue weighted by Crippen LogP contribution is -1.99. The molecule has 0 N–H and O–H groups in total. The predicted molar refractivity (Wildman–Crippen MR) is 56.7 cm³/mol. The number of hydrogen-bond acceptors (Lipinski definition) is 3. The Kier molecular flexibility index (Phi) is 2.57. The SMILES string of the molecule is CC(=O)Cc1cc(Cl)c2c(c1C)OCO2. The zero-order chi connectivity index (χ0) is 11.0. The van der Waals surface area contributed by atoms with Crippen molar-refractivity contribution >= 4 is 17.4 Å². The van der Waals surface area contributed by atoms with Gasteiger partial charge in [0.1, 0.15) is 5.78 Å². The number of halogens is 1. The minimum absolute atomic E-state index is 0.105. The Hall–Kier alpha value is -1.22. The van der Waals surface area contributed by atoms with Crippen LogP contribution in [-0.2, 0) is 11.2 Å². The molecule has 1 aliphatic heterocycles. The molecule has 0 saturated heterocycles. The zero-order valence-corrected chi connectivity index (χ0v) is 9.35. The Bertz CT molecular complexity index is 426. The summed E-state index contributed by atoms with van der Waals surface area (Å²) < 4.78 is 10.5. The average molecular weight is 227 g/mol. The van der Waals surface area contributed by atoms with Crippen molar-refractivity contribution < 1.29 is 14.3 Å². The van der Waals surface area contributed by atoms with E-state index < -0.39 is 0 Å². The zero-order valence-electron chi connectivity index (χ0n) is 8.59. The summed E-state index contributed by atoms with van der Waals surface area (Å²) in [5, 5.41) is 0.504. The number of Topliss-reactive ketones (excluding diaryl/α,β-unsaturated/α-hetero) is 1. The van der Waals surface area contributed by atoms with Crippen molar-refractivity contribution in [1.82, 2.24) is 0 Å². The standard InChI is InChI=1S/C11H11ClO3/c1-6(13)3-8-4-9(12)11-10(7(8)2)14-5-15-11/h4H,3,5H2,1-2H3. The highest BCUT2D eigenvalue weighted by Crippen LogP contribution is 2.43. The fourth-order valence-corrected chi connectivity index (χ4v) is 1.93. The van der Waals surface area contributed by atoms with Crippen LogP contribution in [-0.4, -0.2) is 12.6 Å². The second-order valence-corrected chi connectivity index (χ2v) is 3.99. The van der Waals surface area contributed by atoms with E-state index in [0.29, 0.717) is 22.9 Å². The first kappa shape index (κ1) is 10.3. The molecule has 0 aliphatic carbocycles. The first-order chi connectivity index (χ1) is 7.09. The molecule has 0 bridgehead atoms. The molecule has 15 heavy (non-hydrogen) atoms. The number of rotatable bonds is 2. The number of fused-ring (bicyclic) bond motifs is 1. The molecule has 80 valence electrons. The van der Waals surface area contributed by atoms with E-state index in [1.54, 1.807) is 13.0 Å². The molecule has 1 heterocycles. The van der Waals surface area contributed by atoms with Crippen molar-refractivity contribution in [2.24, 2.45) is 0 Å². The molecular weight excluding hydrogens is 216 g/mol. The van der Waals surface area contributed by atoms with Crippen LogP contribution in [0, 0.1) is 6.92 Å². The Morgan fingerprint density at radius 1 is 1.47 bits per heavy atom. The Morgan fingerprint density at radius 2 is 2.13 bits per heavy atom. The van der Waals surface area contributed by atoms with E-state index in [-0.39, 0.29) is 12.6 Å². The fourth-order valence-electron chi connectivity index (χ4n) is 1.66. The van der Waals surface area contributed by atoms with E-state index >= 15 is 0 Å². The molecule has 3 nitrogen and oxygen atoms in total. The summed E-state index contributed by atoms with van der Waals surface area (Å²) >= 11 is 6.01. The fraction of sp³-hybridized carbons (Fsp3) is 0.364. The summed E-state index contributed by atoms with van der Waals surface area (Å²) in [6.45, 7) is 3.65. The molecule has 0 fully saturated rings. The topological polar surface area (TPSA) is 35.5 Å². The van der Waals surface area contributed by atoms with E-state index in [2.05, 4.69) is 0 Å². The normalized spacial score (nSPS) is 13.0. The molecule has 1 aliphatic rings. The van der Waals surface area contributed by atoms with Gasteiger partial charge in [0.2, 0.25) is 6.79 Å². The molecule has 0 radical (unpaired) electrons. The first-order valence-corrected chi connectivity index (χ1v) is 5.04. The van der Waals surface area contributed by atoms with Crippen LogP contribution in [0.1, 0.15) is 18.1 Å². The second-order valence-electron chi connectivity index (χ2n) is 3.59. The summed E-state index contributed by atoms with van der Waals surface area (Å²) in [6.07, 6.45) is 0.377. The quantitative estimate of drug-likeness (QED) is 0.777. The van der Waals surface area contributed by atoms with E-state index in [9.17, 15) is 4.79 Å². The van der Waals surface area contributed by atoms with Crippen LogP contribution in [0.4, 0.5) is 0 Å². The molecule has 4 heteroatoms. The highest BCUT2D eigenvalue weighted by atomic mass is 35.5. The molecular formula is C11H11ClO3. The van der Waals surface area contributed by atoms with Gasteiger partial charge in [-0.15, -0.1) is 0 Å². The maximum Gasteiger partial charge on any atom is 0.231 e. The van der Waals surface area contributed by atoms with E-state index in [0.717, 1.165) is 11.1 Å². The van der Waals surface area contributed by atoms with Crippen LogP contribution in [0.3, 0.4) is 0 Å². The van der Waals surface area contributed by atoms with Crippen molar-refractivity contribution in [2.45, 2.75) is 20.3 Å². The van der Waals surface area contributed by atoms with Crippen LogP contribution in [0.25, 0.3) is 0 Å². The Balaban J connectivity index is 2.50. The van der Waals surface area contributed by atoms with Crippen molar-refractivity contribution in [2.75, 3.05) is 6.79 Å². The van der Waals surface area contributed by atoms with E-state index in [1.807, 2.05) is 6.92 Å². The maximum atomic E-state index is 11.1. The van der Waals surface area contributed by atoms with Gasteiger partial charge in [0.15, 0.2) is 11.5 Å². The third-order valence-electron chi connectivity index (χ3n) is 2.39. The minimum atomic E-state index is 0.105. The Morgan fingerprint density at radius 3 is 2.80 bits per heavy atom. The molecule has 2 rings (SSSR count). The lowest BCUT2D eigenvalue weighted by molar-refractivity contribution is -0.116. The van der Waals surface area contributed by atoms with Gasteiger partial charge >= 0.3 is 0 Å². The van der Waals surface area contributed by atoms with E-state index in [4.69, 9.17) is 21.1 Å². The third kappa shape index (κ3) is 1.79. The smallest absolute Gasteiger partial charge is 0.231 e. The number of benzene rings is 1. The average Bonchev–Trinajstić information content (AvgIpc) is 2.61. The van der Waals surface area contributed by atoms with Gasteiger partial charge in [0.25, 0.3) is 0 Å². The molecule has 0 amide bonds. The highest BCUT2D eigenvalue weighted by Gasteiger charge is 2.22. The summed E-state index contributed by atoms with van der Waals surface area (Å²) in [5.74, 6) is 1.35. The summed E-state index contributed by atoms with van der Waals surface area (Å²) in [5.41, 5.74) is 1.83. The highest BCUT2D eigenvalue weighted by molar-refractivity contribution is 6.32. The van der Waals surface area contributed by atoms with Gasteiger partial charge in [0, 0.05) is 6.42 Å². The molecule has 1 aromatic carbocycles. The summed E-state index contributed by atoms with van der Waals surface area (Å²) in [6, 6.07) is 1.77. The number of carbonyl (C=O) groups excluding carboxylic acids is 1. The second kappa shape index (κ2) is 3.74. The molecule has 0 unspecified atom stereocenters. The number of ketones is 1. The third-order valence-corrected chi connectivity index (χ3v) is 2.67. The molecule has 0 saturated carbocycles. The summed E-state index contributed by atoms with van der Waals surface area (Å²) in [4.78, 5) is 11.1. The molecule has 0 spiro atoms. The van der Waals surface area contributed by atoms with Gasteiger partial charge in [0.05, 0.1) is 5.02 Å². The molecule has 0 aromatic heterocycles. The monoisotopic (exact) mass is 226 g/mol. The number of ether oxygens (including phenoxy) is 2. The van der Waals surface area contributed by atoms with Crippen LogP contribution < -0.4 is 9.47 Å². The van der Waals surface area contributed by atoms with Crippen LogP contribution >= 0.6 is 11.6 Å². The van der Waals surface area contributed by atoms with Crippen molar-refractivity contribution in [1.29, 1.82) is 0 Å². The lowest BCUT2D eigenvalue weighted by Gasteiger charge is -2.08.